The third kappa shape index (κ3) is 2.90. The summed E-state index contributed by atoms with van der Waals surface area (Å²) in [6, 6.07) is 8.35. The molecule has 0 amide bonds. The van der Waals surface area contributed by atoms with Crippen molar-refractivity contribution < 1.29 is 4.42 Å². The summed E-state index contributed by atoms with van der Waals surface area (Å²) in [4.78, 5) is 0. The molecule has 0 aliphatic heterocycles. The van der Waals surface area contributed by atoms with Gasteiger partial charge in [-0.05, 0) is 49.2 Å². The van der Waals surface area contributed by atoms with E-state index in [0.717, 1.165) is 17.0 Å². The summed E-state index contributed by atoms with van der Waals surface area (Å²) in [5.74, 6) is 0. The molecule has 0 radical (unpaired) electrons. The largest absolute Gasteiger partial charge is 0.472 e. The maximum absolute atomic E-state index is 6.28. The van der Waals surface area contributed by atoms with E-state index >= 15 is 0 Å². The molecule has 1 heterocycles. The summed E-state index contributed by atoms with van der Waals surface area (Å²) < 4.78 is 5.08. The van der Waals surface area contributed by atoms with Crippen LogP contribution in [0.5, 0.6) is 0 Å². The van der Waals surface area contributed by atoms with Crippen LogP contribution in [0.25, 0.3) is 0 Å². The standard InChI is InChI=1S/C14H16ClNO/c1-10-3-4-12(13(15)7-10)14(16-2)8-11-5-6-17-9-11/h3-7,9,14,16H,8H2,1-2H3. The highest BCUT2D eigenvalue weighted by atomic mass is 35.5. The lowest BCUT2D eigenvalue weighted by Crippen LogP contribution is -2.19. The Bertz CT molecular complexity index is 479. The van der Waals surface area contributed by atoms with Crippen molar-refractivity contribution in [2.45, 2.75) is 19.4 Å². The summed E-state index contributed by atoms with van der Waals surface area (Å²) in [6.45, 7) is 2.04. The van der Waals surface area contributed by atoms with Gasteiger partial charge in [0.15, 0.2) is 0 Å². The van der Waals surface area contributed by atoms with Gasteiger partial charge in [-0.3, -0.25) is 0 Å². The average molecular weight is 250 g/mol. The highest BCUT2D eigenvalue weighted by Gasteiger charge is 2.14. The van der Waals surface area contributed by atoms with Crippen molar-refractivity contribution in [1.29, 1.82) is 0 Å². The number of benzene rings is 1. The van der Waals surface area contributed by atoms with Crippen LogP contribution < -0.4 is 5.32 Å². The van der Waals surface area contributed by atoms with Gasteiger partial charge in [-0.2, -0.15) is 0 Å². The van der Waals surface area contributed by atoms with Gasteiger partial charge in [0.2, 0.25) is 0 Å². The zero-order chi connectivity index (χ0) is 12.3. The Morgan fingerprint density at radius 1 is 1.35 bits per heavy atom. The van der Waals surface area contributed by atoms with Crippen LogP contribution in [0.3, 0.4) is 0 Å². The number of rotatable bonds is 4. The minimum Gasteiger partial charge on any atom is -0.472 e. The molecule has 0 spiro atoms. The average Bonchev–Trinajstić information content (AvgIpc) is 2.79. The first-order valence-corrected chi connectivity index (χ1v) is 6.03. The van der Waals surface area contributed by atoms with Crippen LogP contribution in [-0.2, 0) is 6.42 Å². The molecule has 0 aliphatic rings. The van der Waals surface area contributed by atoms with Crippen LogP contribution in [-0.4, -0.2) is 7.05 Å². The molecule has 2 aromatic rings. The molecular formula is C14H16ClNO. The first kappa shape index (κ1) is 12.2. The van der Waals surface area contributed by atoms with Gasteiger partial charge in [0.1, 0.15) is 0 Å². The van der Waals surface area contributed by atoms with E-state index in [1.165, 1.54) is 11.1 Å². The molecule has 0 saturated carbocycles. The van der Waals surface area contributed by atoms with E-state index in [0.29, 0.717) is 0 Å². The quantitative estimate of drug-likeness (QED) is 0.893. The third-order valence-corrected chi connectivity index (χ3v) is 3.23. The maximum Gasteiger partial charge on any atom is 0.0935 e. The number of hydrogen-bond acceptors (Lipinski definition) is 2. The summed E-state index contributed by atoms with van der Waals surface area (Å²) in [5.41, 5.74) is 3.47. The zero-order valence-corrected chi connectivity index (χ0v) is 10.8. The van der Waals surface area contributed by atoms with Gasteiger partial charge in [-0.25, -0.2) is 0 Å². The molecule has 0 aliphatic carbocycles. The molecule has 2 nitrogen and oxygen atoms in total. The smallest absolute Gasteiger partial charge is 0.0935 e. The monoisotopic (exact) mass is 249 g/mol. The van der Waals surface area contributed by atoms with Gasteiger partial charge in [-0.15, -0.1) is 0 Å². The van der Waals surface area contributed by atoms with E-state index in [2.05, 4.69) is 17.4 Å². The Morgan fingerprint density at radius 2 is 2.18 bits per heavy atom. The number of likely N-dealkylation sites (N-methyl/N-ethyl adjacent to an activating group) is 1. The number of halogens is 1. The maximum atomic E-state index is 6.28. The van der Waals surface area contributed by atoms with Crippen LogP contribution in [0.15, 0.2) is 41.2 Å². The fourth-order valence-corrected chi connectivity index (χ4v) is 2.29. The highest BCUT2D eigenvalue weighted by molar-refractivity contribution is 6.31. The van der Waals surface area contributed by atoms with E-state index in [1.54, 1.807) is 12.5 Å². The van der Waals surface area contributed by atoms with Gasteiger partial charge in [-0.1, -0.05) is 23.7 Å². The molecular weight excluding hydrogens is 234 g/mol. The lowest BCUT2D eigenvalue weighted by atomic mass is 9.99. The molecule has 1 atom stereocenters. The van der Waals surface area contributed by atoms with E-state index in [-0.39, 0.29) is 6.04 Å². The van der Waals surface area contributed by atoms with Crippen molar-refractivity contribution in [3.8, 4) is 0 Å². The molecule has 2 rings (SSSR count). The molecule has 3 heteroatoms. The van der Waals surface area contributed by atoms with Crippen LogP contribution in [0.1, 0.15) is 22.7 Å². The second-order valence-electron chi connectivity index (χ2n) is 4.20. The van der Waals surface area contributed by atoms with Crippen molar-refractivity contribution >= 4 is 11.6 Å². The first-order valence-electron chi connectivity index (χ1n) is 5.65. The van der Waals surface area contributed by atoms with Gasteiger partial charge < -0.3 is 9.73 Å². The lowest BCUT2D eigenvalue weighted by Gasteiger charge is -2.17. The van der Waals surface area contributed by atoms with Gasteiger partial charge in [0, 0.05) is 11.1 Å². The van der Waals surface area contributed by atoms with Crippen molar-refractivity contribution in [2.24, 2.45) is 0 Å². The van der Waals surface area contributed by atoms with Crippen LogP contribution in [0.2, 0.25) is 5.02 Å². The van der Waals surface area contributed by atoms with Crippen LogP contribution in [0, 0.1) is 6.92 Å². The van der Waals surface area contributed by atoms with Crippen molar-refractivity contribution in [3.63, 3.8) is 0 Å². The van der Waals surface area contributed by atoms with Crippen molar-refractivity contribution in [2.75, 3.05) is 7.05 Å². The molecule has 17 heavy (non-hydrogen) atoms. The van der Waals surface area contributed by atoms with Crippen molar-refractivity contribution in [3.05, 3.63) is 58.5 Å². The first-order chi connectivity index (χ1) is 8.20. The Morgan fingerprint density at radius 3 is 2.76 bits per heavy atom. The van der Waals surface area contributed by atoms with E-state index in [1.807, 2.05) is 26.1 Å². The SMILES string of the molecule is CNC(Cc1ccoc1)c1ccc(C)cc1Cl. The van der Waals surface area contributed by atoms with E-state index in [4.69, 9.17) is 16.0 Å². The second-order valence-corrected chi connectivity index (χ2v) is 4.61. The van der Waals surface area contributed by atoms with Gasteiger partial charge in [0.05, 0.1) is 12.5 Å². The summed E-state index contributed by atoms with van der Waals surface area (Å²) >= 11 is 6.28. The van der Waals surface area contributed by atoms with Crippen LogP contribution >= 0.6 is 11.6 Å². The van der Waals surface area contributed by atoms with Gasteiger partial charge >= 0.3 is 0 Å². The molecule has 1 aromatic carbocycles. The third-order valence-electron chi connectivity index (χ3n) is 2.90. The minimum atomic E-state index is 0.209. The molecule has 0 fully saturated rings. The summed E-state index contributed by atoms with van der Waals surface area (Å²) in [7, 11) is 1.95. The van der Waals surface area contributed by atoms with E-state index < -0.39 is 0 Å². The summed E-state index contributed by atoms with van der Waals surface area (Å²) in [5, 5.41) is 4.10. The number of nitrogens with one attached hydrogen (secondary N) is 1. The van der Waals surface area contributed by atoms with Crippen LogP contribution in [0.4, 0.5) is 0 Å². The molecule has 1 aromatic heterocycles. The molecule has 0 saturated heterocycles. The number of furan rings is 1. The number of hydrogen-bond donors (Lipinski definition) is 1. The fraction of sp³-hybridized carbons (Fsp3) is 0.286. The normalized spacial score (nSPS) is 12.6. The predicted molar refractivity (Wildman–Crippen MR) is 70.4 cm³/mol. The predicted octanol–water partition coefficient (Wildman–Crippen LogP) is 3.74. The molecule has 90 valence electrons. The Labute approximate surface area is 107 Å². The molecule has 1 unspecified atom stereocenters. The zero-order valence-electron chi connectivity index (χ0n) is 10.0. The second kappa shape index (κ2) is 5.39. The number of aryl methyl sites for hydroxylation is 1. The lowest BCUT2D eigenvalue weighted by molar-refractivity contribution is 0.551. The fourth-order valence-electron chi connectivity index (χ4n) is 1.93. The Hall–Kier alpha value is -1.25. The van der Waals surface area contributed by atoms with Gasteiger partial charge in [0.25, 0.3) is 0 Å². The topological polar surface area (TPSA) is 25.2 Å². The Kier molecular flexibility index (Phi) is 3.87. The minimum absolute atomic E-state index is 0.209. The highest BCUT2D eigenvalue weighted by Crippen LogP contribution is 2.26. The molecule has 0 bridgehead atoms. The van der Waals surface area contributed by atoms with E-state index in [9.17, 15) is 0 Å². The molecule has 1 N–H and O–H groups in total. The summed E-state index contributed by atoms with van der Waals surface area (Å²) in [6.07, 6.45) is 4.33. The van der Waals surface area contributed by atoms with Crippen molar-refractivity contribution in [1.82, 2.24) is 5.32 Å². The Balaban J connectivity index is 2.23.